The highest BCUT2D eigenvalue weighted by Crippen LogP contribution is 2.10. The van der Waals surface area contributed by atoms with E-state index in [9.17, 15) is 4.79 Å². The van der Waals surface area contributed by atoms with Gasteiger partial charge in [-0.1, -0.05) is 23.7 Å². The second-order valence-electron chi connectivity index (χ2n) is 4.28. The molecule has 0 aliphatic carbocycles. The van der Waals surface area contributed by atoms with E-state index in [2.05, 4.69) is 15.0 Å². The number of hydrogen-bond donors (Lipinski definition) is 1. The van der Waals surface area contributed by atoms with E-state index in [1.165, 1.54) is 7.11 Å². The van der Waals surface area contributed by atoms with Crippen LogP contribution in [0.15, 0.2) is 29.3 Å². The lowest BCUT2D eigenvalue weighted by atomic mass is 10.2. The molecule has 0 bridgehead atoms. The lowest BCUT2D eigenvalue weighted by Crippen LogP contribution is -2.39. The SMILES string of the molecule is CN=C(NCCC(=O)OC)N(C)Cc1ccc(Cl)cc1.I. The summed E-state index contributed by atoms with van der Waals surface area (Å²) in [6.45, 7) is 1.19. The van der Waals surface area contributed by atoms with E-state index in [-0.39, 0.29) is 29.9 Å². The second kappa shape index (κ2) is 10.7. The summed E-state index contributed by atoms with van der Waals surface area (Å²) in [5.74, 6) is 0.483. The van der Waals surface area contributed by atoms with Crippen molar-refractivity contribution in [3.63, 3.8) is 0 Å². The predicted molar refractivity (Wildman–Crippen MR) is 96.3 cm³/mol. The van der Waals surface area contributed by atoms with Crippen molar-refractivity contribution in [2.75, 3.05) is 27.7 Å². The molecule has 0 saturated heterocycles. The van der Waals surface area contributed by atoms with Gasteiger partial charge in [0.05, 0.1) is 13.5 Å². The third-order valence-corrected chi connectivity index (χ3v) is 3.00. The Morgan fingerprint density at radius 1 is 1.38 bits per heavy atom. The Bertz CT molecular complexity index is 466. The van der Waals surface area contributed by atoms with E-state index in [0.29, 0.717) is 19.5 Å². The number of aliphatic imine (C=N–C) groups is 1. The van der Waals surface area contributed by atoms with Crippen LogP contribution in [-0.2, 0) is 16.1 Å². The number of halogens is 2. The van der Waals surface area contributed by atoms with E-state index >= 15 is 0 Å². The summed E-state index contributed by atoms with van der Waals surface area (Å²) in [6, 6.07) is 7.66. The zero-order valence-corrected chi connectivity index (χ0v) is 15.5. The maximum atomic E-state index is 11.0. The summed E-state index contributed by atoms with van der Waals surface area (Å²) >= 11 is 5.86. The standard InChI is InChI=1S/C14H20ClN3O2.HI/c1-16-14(17-9-8-13(19)20-3)18(2)10-11-4-6-12(15)7-5-11;/h4-7H,8-10H2,1-3H3,(H,16,17);1H. The molecule has 1 aromatic rings. The largest absolute Gasteiger partial charge is 0.469 e. The molecule has 0 saturated carbocycles. The van der Waals surface area contributed by atoms with Crippen LogP contribution in [0.2, 0.25) is 5.02 Å². The first-order valence-electron chi connectivity index (χ1n) is 6.30. The first-order valence-corrected chi connectivity index (χ1v) is 6.67. The predicted octanol–water partition coefficient (Wildman–Crippen LogP) is 2.53. The number of benzene rings is 1. The van der Waals surface area contributed by atoms with Gasteiger partial charge in [-0.25, -0.2) is 0 Å². The minimum Gasteiger partial charge on any atom is -0.469 e. The first-order chi connectivity index (χ1) is 9.56. The second-order valence-corrected chi connectivity index (χ2v) is 4.72. The Kier molecular flexibility index (Phi) is 10.2. The summed E-state index contributed by atoms with van der Waals surface area (Å²) in [7, 11) is 5.02. The smallest absolute Gasteiger partial charge is 0.307 e. The molecule has 1 aromatic carbocycles. The van der Waals surface area contributed by atoms with E-state index in [0.717, 1.165) is 16.5 Å². The summed E-state index contributed by atoms with van der Waals surface area (Å²) < 4.78 is 4.59. The van der Waals surface area contributed by atoms with Crippen molar-refractivity contribution >= 4 is 47.5 Å². The molecule has 21 heavy (non-hydrogen) atoms. The molecule has 7 heteroatoms. The van der Waals surface area contributed by atoms with Crippen LogP contribution in [0.3, 0.4) is 0 Å². The molecule has 1 rings (SSSR count). The lowest BCUT2D eigenvalue weighted by Gasteiger charge is -2.22. The minimum atomic E-state index is -0.242. The fourth-order valence-corrected chi connectivity index (χ4v) is 1.83. The number of guanidine groups is 1. The normalized spacial score (nSPS) is 10.6. The van der Waals surface area contributed by atoms with Gasteiger partial charge in [0.25, 0.3) is 0 Å². The average molecular weight is 426 g/mol. The zero-order valence-electron chi connectivity index (χ0n) is 12.4. The highest BCUT2D eigenvalue weighted by Gasteiger charge is 2.07. The zero-order chi connectivity index (χ0) is 15.0. The van der Waals surface area contributed by atoms with Crippen LogP contribution in [0.1, 0.15) is 12.0 Å². The highest BCUT2D eigenvalue weighted by molar-refractivity contribution is 14.0. The fraction of sp³-hybridized carbons (Fsp3) is 0.429. The van der Waals surface area contributed by atoms with Crippen molar-refractivity contribution in [3.8, 4) is 0 Å². The molecule has 5 nitrogen and oxygen atoms in total. The van der Waals surface area contributed by atoms with Gasteiger partial charge in [0, 0.05) is 32.2 Å². The summed E-state index contributed by atoms with van der Waals surface area (Å²) in [5.41, 5.74) is 1.13. The van der Waals surface area contributed by atoms with E-state index in [1.807, 2.05) is 36.2 Å². The third kappa shape index (κ3) is 7.52. The van der Waals surface area contributed by atoms with Gasteiger partial charge in [0.1, 0.15) is 0 Å². The van der Waals surface area contributed by atoms with Gasteiger partial charge in [-0.15, -0.1) is 24.0 Å². The molecule has 118 valence electrons. The molecule has 0 radical (unpaired) electrons. The number of hydrogen-bond acceptors (Lipinski definition) is 3. The van der Waals surface area contributed by atoms with Crippen LogP contribution >= 0.6 is 35.6 Å². The molecular formula is C14H21ClIN3O2. The molecule has 0 fully saturated rings. The van der Waals surface area contributed by atoms with Crippen LogP contribution in [-0.4, -0.2) is 44.6 Å². The van der Waals surface area contributed by atoms with Gasteiger partial charge in [-0.2, -0.15) is 0 Å². The van der Waals surface area contributed by atoms with Crippen LogP contribution < -0.4 is 5.32 Å². The number of nitrogens with one attached hydrogen (secondary N) is 1. The number of carbonyl (C=O) groups is 1. The maximum absolute atomic E-state index is 11.0. The van der Waals surface area contributed by atoms with E-state index in [4.69, 9.17) is 11.6 Å². The quantitative estimate of drug-likeness (QED) is 0.341. The number of nitrogens with zero attached hydrogens (tertiary/aromatic N) is 2. The lowest BCUT2D eigenvalue weighted by molar-refractivity contribution is -0.140. The molecule has 0 heterocycles. The van der Waals surface area contributed by atoms with Gasteiger partial charge in [0.2, 0.25) is 0 Å². The minimum absolute atomic E-state index is 0. The van der Waals surface area contributed by atoms with Crippen LogP contribution in [0.5, 0.6) is 0 Å². The van der Waals surface area contributed by atoms with Crippen molar-refractivity contribution in [2.45, 2.75) is 13.0 Å². The van der Waals surface area contributed by atoms with Crippen molar-refractivity contribution in [1.82, 2.24) is 10.2 Å². The number of esters is 1. The molecule has 0 atom stereocenters. The topological polar surface area (TPSA) is 53.9 Å². The molecule has 0 spiro atoms. The van der Waals surface area contributed by atoms with E-state index < -0.39 is 0 Å². The van der Waals surface area contributed by atoms with Gasteiger partial charge >= 0.3 is 5.97 Å². The molecule has 0 aliphatic rings. The van der Waals surface area contributed by atoms with Crippen molar-refractivity contribution in [2.24, 2.45) is 4.99 Å². The third-order valence-electron chi connectivity index (χ3n) is 2.75. The van der Waals surface area contributed by atoms with Crippen molar-refractivity contribution < 1.29 is 9.53 Å². The Morgan fingerprint density at radius 3 is 2.52 bits per heavy atom. The summed E-state index contributed by atoms with van der Waals surface area (Å²) in [6.07, 6.45) is 0.310. The Morgan fingerprint density at radius 2 is 2.00 bits per heavy atom. The first kappa shape index (κ1) is 20.0. The van der Waals surface area contributed by atoms with Crippen LogP contribution in [0.4, 0.5) is 0 Å². The molecule has 0 aliphatic heterocycles. The Balaban J connectivity index is 0.00000400. The molecule has 1 N–H and O–H groups in total. The number of carbonyl (C=O) groups excluding carboxylic acids is 1. The number of ether oxygens (including phenoxy) is 1. The number of methoxy groups -OCH3 is 1. The molecular weight excluding hydrogens is 405 g/mol. The van der Waals surface area contributed by atoms with Crippen molar-refractivity contribution in [1.29, 1.82) is 0 Å². The fourth-order valence-electron chi connectivity index (χ4n) is 1.70. The van der Waals surface area contributed by atoms with Crippen LogP contribution in [0, 0.1) is 0 Å². The van der Waals surface area contributed by atoms with E-state index in [1.54, 1.807) is 7.05 Å². The maximum Gasteiger partial charge on any atom is 0.307 e. The summed E-state index contributed by atoms with van der Waals surface area (Å²) in [4.78, 5) is 17.2. The summed E-state index contributed by atoms with van der Waals surface area (Å²) in [5, 5.41) is 3.83. The van der Waals surface area contributed by atoms with Crippen molar-refractivity contribution in [3.05, 3.63) is 34.9 Å². The number of rotatable bonds is 5. The monoisotopic (exact) mass is 425 g/mol. The van der Waals surface area contributed by atoms with Gasteiger partial charge < -0.3 is 15.0 Å². The van der Waals surface area contributed by atoms with Crippen LogP contribution in [0.25, 0.3) is 0 Å². The van der Waals surface area contributed by atoms with Gasteiger partial charge in [-0.3, -0.25) is 9.79 Å². The Hall–Kier alpha value is -1.02. The molecule has 0 aromatic heterocycles. The molecule has 0 unspecified atom stereocenters. The molecule has 0 amide bonds. The van der Waals surface area contributed by atoms with Gasteiger partial charge in [-0.05, 0) is 17.7 Å². The Labute approximate surface area is 147 Å². The van der Waals surface area contributed by atoms with Gasteiger partial charge in [0.15, 0.2) is 5.96 Å². The highest BCUT2D eigenvalue weighted by atomic mass is 127. The average Bonchev–Trinajstić information content (AvgIpc) is 2.45.